The molecule has 1 aliphatic rings. The van der Waals surface area contributed by atoms with Gasteiger partial charge < -0.3 is 10.0 Å². The lowest BCUT2D eigenvalue weighted by Crippen LogP contribution is -2.31. The molecular weight excluding hydrogens is 348 g/mol. The number of aliphatic hydroxyl groups is 1. The molecule has 26 heavy (non-hydrogen) atoms. The molecule has 0 aliphatic carbocycles. The quantitative estimate of drug-likeness (QED) is 0.835. The van der Waals surface area contributed by atoms with Gasteiger partial charge >= 0.3 is 0 Å². The van der Waals surface area contributed by atoms with Gasteiger partial charge in [-0.1, -0.05) is 19.9 Å². The zero-order chi connectivity index (χ0) is 18.8. The monoisotopic (exact) mass is 370 g/mol. The Kier molecular flexibility index (Phi) is 5.23. The number of ketones is 1. The number of pyridine rings is 1. The fourth-order valence-electron chi connectivity index (χ4n) is 3.19. The summed E-state index contributed by atoms with van der Waals surface area (Å²) in [6.07, 6.45) is 1.96. The fourth-order valence-corrected chi connectivity index (χ4v) is 4.23. The molecule has 6 heteroatoms. The second-order valence-electron chi connectivity index (χ2n) is 6.91. The van der Waals surface area contributed by atoms with Gasteiger partial charge in [-0.2, -0.15) is 0 Å². The maximum absolute atomic E-state index is 12.8. The Labute approximate surface area is 157 Å². The molecule has 1 N–H and O–H groups in total. The van der Waals surface area contributed by atoms with Gasteiger partial charge in [0.05, 0.1) is 23.9 Å². The zero-order valence-corrected chi connectivity index (χ0v) is 15.9. The van der Waals surface area contributed by atoms with Crippen LogP contribution in [0.3, 0.4) is 0 Å². The highest BCUT2D eigenvalue weighted by molar-refractivity contribution is 7.10. The molecule has 3 heterocycles. The first-order valence-corrected chi connectivity index (χ1v) is 9.49. The minimum absolute atomic E-state index is 0.146. The number of aromatic nitrogens is 1. The number of aryl methyl sites for hydroxylation is 1. The van der Waals surface area contributed by atoms with E-state index in [4.69, 9.17) is 0 Å². The molecule has 0 bridgehead atoms. The number of rotatable bonds is 6. The van der Waals surface area contributed by atoms with Gasteiger partial charge in [0.1, 0.15) is 0 Å². The summed E-state index contributed by atoms with van der Waals surface area (Å²) in [5.41, 5.74) is 1.93. The smallest absolute Gasteiger partial charge is 0.290 e. The first-order valence-electron chi connectivity index (χ1n) is 8.61. The molecule has 0 saturated carbocycles. The summed E-state index contributed by atoms with van der Waals surface area (Å²) < 4.78 is 0. The maximum atomic E-state index is 12.8. The number of carbonyl (C=O) groups excluding carboxylic acids is 2. The summed E-state index contributed by atoms with van der Waals surface area (Å²) in [6.45, 7) is 6.09. The maximum Gasteiger partial charge on any atom is 0.290 e. The molecule has 1 unspecified atom stereocenters. The molecular formula is C20H22N2O3S. The van der Waals surface area contributed by atoms with E-state index in [2.05, 4.69) is 4.98 Å². The van der Waals surface area contributed by atoms with Crippen LogP contribution in [0.2, 0.25) is 0 Å². The molecule has 1 aliphatic heterocycles. The first kappa shape index (κ1) is 18.3. The second kappa shape index (κ2) is 7.41. The lowest BCUT2D eigenvalue weighted by molar-refractivity contribution is -0.130. The second-order valence-corrected chi connectivity index (χ2v) is 7.86. The fraction of sp³-hybridized carbons (Fsp3) is 0.350. The van der Waals surface area contributed by atoms with E-state index < -0.39 is 17.7 Å². The van der Waals surface area contributed by atoms with E-state index in [1.165, 1.54) is 11.3 Å². The number of aliphatic hydroxyl groups excluding tert-OH is 1. The molecule has 1 atom stereocenters. The molecule has 2 aromatic rings. The van der Waals surface area contributed by atoms with E-state index in [1.54, 1.807) is 11.1 Å². The molecule has 0 spiro atoms. The molecule has 3 rings (SSSR count). The van der Waals surface area contributed by atoms with Crippen LogP contribution in [0.5, 0.6) is 0 Å². The van der Waals surface area contributed by atoms with Crippen LogP contribution in [-0.2, 0) is 16.1 Å². The van der Waals surface area contributed by atoms with E-state index in [-0.39, 0.29) is 23.8 Å². The van der Waals surface area contributed by atoms with Gasteiger partial charge in [-0.25, -0.2) is 0 Å². The van der Waals surface area contributed by atoms with Crippen molar-refractivity contribution in [3.63, 3.8) is 0 Å². The van der Waals surface area contributed by atoms with Crippen molar-refractivity contribution < 1.29 is 14.7 Å². The van der Waals surface area contributed by atoms with Crippen molar-refractivity contribution in [3.8, 4) is 0 Å². The Bertz CT molecular complexity index is 855. The Balaban J connectivity index is 2.03. The van der Waals surface area contributed by atoms with Crippen molar-refractivity contribution >= 4 is 23.0 Å². The summed E-state index contributed by atoms with van der Waals surface area (Å²) in [4.78, 5) is 32.3. The van der Waals surface area contributed by atoms with Gasteiger partial charge in [-0.15, -0.1) is 11.3 Å². The molecule has 0 aromatic carbocycles. The number of hydrogen-bond acceptors (Lipinski definition) is 5. The number of thiophene rings is 1. The third-order valence-corrected chi connectivity index (χ3v) is 5.48. The largest absolute Gasteiger partial charge is 0.503 e. The minimum Gasteiger partial charge on any atom is -0.503 e. The van der Waals surface area contributed by atoms with Crippen molar-refractivity contribution in [1.29, 1.82) is 0 Å². The molecule has 2 aromatic heterocycles. The first-order chi connectivity index (χ1) is 12.4. The van der Waals surface area contributed by atoms with Crippen LogP contribution in [-0.4, -0.2) is 26.7 Å². The van der Waals surface area contributed by atoms with Crippen LogP contribution < -0.4 is 0 Å². The van der Waals surface area contributed by atoms with Crippen LogP contribution in [0.15, 0.2) is 47.2 Å². The average Bonchev–Trinajstić information content (AvgIpc) is 3.11. The highest BCUT2D eigenvalue weighted by Gasteiger charge is 2.44. The lowest BCUT2D eigenvalue weighted by Gasteiger charge is -2.26. The van der Waals surface area contributed by atoms with Gasteiger partial charge in [0.15, 0.2) is 11.5 Å². The van der Waals surface area contributed by atoms with Crippen molar-refractivity contribution in [2.75, 3.05) is 0 Å². The van der Waals surface area contributed by atoms with Crippen LogP contribution in [0.4, 0.5) is 0 Å². The predicted octanol–water partition coefficient (Wildman–Crippen LogP) is 3.96. The standard InChI is InChI=1S/C20H22N2O3S/c1-12(2)10-15(23)16-17(19-13(3)7-9-26-19)22(20(25)18(16)24)11-14-6-4-5-8-21-14/h4-9,12,17,24H,10-11H2,1-3H3. The molecule has 0 radical (unpaired) electrons. The van der Waals surface area contributed by atoms with E-state index in [1.807, 2.05) is 50.4 Å². The number of hydrogen-bond donors (Lipinski definition) is 1. The molecule has 0 fully saturated rings. The van der Waals surface area contributed by atoms with Crippen LogP contribution in [0.1, 0.15) is 42.4 Å². The summed E-state index contributed by atoms with van der Waals surface area (Å²) in [7, 11) is 0. The Morgan fingerprint density at radius 1 is 1.35 bits per heavy atom. The zero-order valence-electron chi connectivity index (χ0n) is 15.1. The summed E-state index contributed by atoms with van der Waals surface area (Å²) in [6, 6.07) is 6.89. The van der Waals surface area contributed by atoms with Crippen LogP contribution in [0.25, 0.3) is 0 Å². The van der Waals surface area contributed by atoms with E-state index >= 15 is 0 Å². The number of amides is 1. The molecule has 136 valence electrons. The van der Waals surface area contributed by atoms with Gasteiger partial charge in [0.25, 0.3) is 5.91 Å². The SMILES string of the molecule is Cc1ccsc1C1C(C(=O)CC(C)C)=C(O)C(=O)N1Cc1ccccn1. The lowest BCUT2D eigenvalue weighted by atomic mass is 9.94. The van der Waals surface area contributed by atoms with Crippen molar-refractivity contribution in [3.05, 3.63) is 63.3 Å². The molecule has 5 nitrogen and oxygen atoms in total. The van der Waals surface area contributed by atoms with Crippen LogP contribution in [0, 0.1) is 12.8 Å². The van der Waals surface area contributed by atoms with Crippen molar-refractivity contribution in [1.82, 2.24) is 9.88 Å². The molecule has 1 amide bonds. The predicted molar refractivity (Wildman–Crippen MR) is 101 cm³/mol. The summed E-state index contributed by atoms with van der Waals surface area (Å²) in [5, 5.41) is 12.4. The third-order valence-electron chi connectivity index (χ3n) is 4.41. The average molecular weight is 370 g/mol. The Morgan fingerprint density at radius 3 is 2.69 bits per heavy atom. The number of Topliss-reactive ketones (excluding diaryl/α,β-unsaturated/α-hetero) is 1. The van der Waals surface area contributed by atoms with E-state index in [0.29, 0.717) is 12.1 Å². The number of carbonyl (C=O) groups is 2. The summed E-state index contributed by atoms with van der Waals surface area (Å²) >= 11 is 1.49. The van der Waals surface area contributed by atoms with Crippen molar-refractivity contribution in [2.24, 2.45) is 5.92 Å². The highest BCUT2D eigenvalue weighted by Crippen LogP contribution is 2.42. The highest BCUT2D eigenvalue weighted by atomic mass is 32.1. The normalized spacial score (nSPS) is 17.5. The van der Waals surface area contributed by atoms with Gasteiger partial charge in [-0.05, 0) is 42.0 Å². The van der Waals surface area contributed by atoms with Crippen molar-refractivity contribution in [2.45, 2.75) is 39.8 Å². The molecule has 0 saturated heterocycles. The van der Waals surface area contributed by atoms with E-state index in [9.17, 15) is 14.7 Å². The van der Waals surface area contributed by atoms with Crippen LogP contribution >= 0.6 is 11.3 Å². The minimum atomic E-state index is -0.559. The Morgan fingerprint density at radius 2 is 2.12 bits per heavy atom. The summed E-state index contributed by atoms with van der Waals surface area (Å²) in [5.74, 6) is -0.968. The third kappa shape index (κ3) is 3.42. The van der Waals surface area contributed by atoms with E-state index in [0.717, 1.165) is 10.4 Å². The number of nitrogens with zero attached hydrogens (tertiary/aromatic N) is 2. The topological polar surface area (TPSA) is 70.5 Å². The van der Waals surface area contributed by atoms with Gasteiger partial charge in [-0.3, -0.25) is 14.6 Å². The Hall–Kier alpha value is -2.47. The van der Waals surface area contributed by atoms with Gasteiger partial charge in [0.2, 0.25) is 0 Å². The van der Waals surface area contributed by atoms with Gasteiger partial charge in [0, 0.05) is 17.5 Å².